The van der Waals surface area contributed by atoms with Crippen molar-refractivity contribution < 1.29 is 23.8 Å². The highest BCUT2D eigenvalue weighted by atomic mass is 16.5. The maximum absolute atomic E-state index is 12.3. The number of nitrogens with zero attached hydrogens (tertiary/aromatic N) is 1. The molecule has 0 spiro atoms. The van der Waals surface area contributed by atoms with Crippen LogP contribution >= 0.6 is 0 Å². The molecule has 2 heterocycles. The molecule has 27 heavy (non-hydrogen) atoms. The number of hydrogen-bond donors (Lipinski definition) is 0. The van der Waals surface area contributed by atoms with Gasteiger partial charge in [-0.2, -0.15) is 0 Å². The third-order valence-corrected chi connectivity index (χ3v) is 4.94. The molecule has 6 nitrogen and oxygen atoms in total. The minimum Gasteiger partial charge on any atom is -0.490 e. The summed E-state index contributed by atoms with van der Waals surface area (Å²) >= 11 is 0. The fourth-order valence-corrected chi connectivity index (χ4v) is 3.47. The molecule has 0 N–H and O–H groups in total. The summed E-state index contributed by atoms with van der Waals surface area (Å²) < 4.78 is 16.4. The van der Waals surface area contributed by atoms with Crippen LogP contribution in [0.3, 0.4) is 0 Å². The predicted molar refractivity (Wildman–Crippen MR) is 102 cm³/mol. The van der Waals surface area contributed by atoms with Crippen LogP contribution in [0, 0.1) is 0 Å². The number of piperidine rings is 1. The smallest absolute Gasteiger partial charge is 0.331 e. The van der Waals surface area contributed by atoms with E-state index in [9.17, 15) is 9.59 Å². The molecule has 0 radical (unpaired) electrons. The number of benzene rings is 1. The van der Waals surface area contributed by atoms with E-state index >= 15 is 0 Å². The lowest BCUT2D eigenvalue weighted by Crippen LogP contribution is -2.45. The third kappa shape index (κ3) is 5.25. The van der Waals surface area contributed by atoms with Gasteiger partial charge in [-0.1, -0.05) is 13.0 Å². The molecule has 1 fully saturated rings. The topological polar surface area (TPSA) is 65.1 Å². The van der Waals surface area contributed by atoms with Crippen LogP contribution in [-0.4, -0.2) is 49.2 Å². The Morgan fingerprint density at radius 2 is 2.00 bits per heavy atom. The predicted octanol–water partition coefficient (Wildman–Crippen LogP) is 3.20. The van der Waals surface area contributed by atoms with Gasteiger partial charge in [0.15, 0.2) is 18.1 Å². The summed E-state index contributed by atoms with van der Waals surface area (Å²) in [6.45, 7) is 3.88. The van der Waals surface area contributed by atoms with Crippen molar-refractivity contribution in [2.45, 2.75) is 45.1 Å². The summed E-state index contributed by atoms with van der Waals surface area (Å²) in [4.78, 5) is 26.1. The van der Waals surface area contributed by atoms with Gasteiger partial charge in [-0.15, -0.1) is 0 Å². The Labute approximate surface area is 160 Å². The number of amides is 1. The molecule has 0 aromatic heterocycles. The molecule has 2 aliphatic heterocycles. The van der Waals surface area contributed by atoms with E-state index in [1.807, 2.05) is 23.1 Å². The van der Waals surface area contributed by atoms with Gasteiger partial charge in [0.05, 0.1) is 13.2 Å². The molecule has 2 aliphatic rings. The Bertz CT molecular complexity index is 700. The second kappa shape index (κ2) is 9.44. The molecule has 1 atom stereocenters. The van der Waals surface area contributed by atoms with Gasteiger partial charge in [0, 0.05) is 25.1 Å². The Balaban J connectivity index is 1.51. The van der Waals surface area contributed by atoms with E-state index in [-0.39, 0.29) is 18.6 Å². The first-order valence-electron chi connectivity index (χ1n) is 9.71. The van der Waals surface area contributed by atoms with E-state index in [0.29, 0.717) is 24.7 Å². The van der Waals surface area contributed by atoms with Gasteiger partial charge in [0.25, 0.3) is 5.91 Å². The molecular weight excluding hydrogens is 346 g/mol. The Morgan fingerprint density at radius 1 is 1.19 bits per heavy atom. The molecule has 0 bridgehead atoms. The van der Waals surface area contributed by atoms with Gasteiger partial charge < -0.3 is 19.1 Å². The van der Waals surface area contributed by atoms with E-state index in [1.165, 1.54) is 6.08 Å². The molecular formula is C21H27NO5. The van der Waals surface area contributed by atoms with Crippen LogP contribution in [0.25, 0.3) is 6.08 Å². The quantitative estimate of drug-likeness (QED) is 0.586. The normalized spacial score (nSPS) is 19.6. The van der Waals surface area contributed by atoms with Gasteiger partial charge in [-0.3, -0.25) is 4.79 Å². The maximum atomic E-state index is 12.3. The summed E-state index contributed by atoms with van der Waals surface area (Å²) in [5.74, 6) is 0.748. The van der Waals surface area contributed by atoms with E-state index in [4.69, 9.17) is 14.2 Å². The molecule has 1 aromatic rings. The van der Waals surface area contributed by atoms with Crippen LogP contribution in [0.1, 0.15) is 44.6 Å². The Kier molecular flexibility index (Phi) is 6.74. The molecule has 0 saturated carbocycles. The molecule has 1 amide bonds. The van der Waals surface area contributed by atoms with Gasteiger partial charge in [-0.05, 0) is 49.5 Å². The van der Waals surface area contributed by atoms with Crippen molar-refractivity contribution in [1.29, 1.82) is 0 Å². The largest absolute Gasteiger partial charge is 0.490 e. The minimum atomic E-state index is -0.527. The third-order valence-electron chi connectivity index (χ3n) is 4.94. The highest BCUT2D eigenvalue weighted by Crippen LogP contribution is 2.30. The molecule has 146 valence electrons. The van der Waals surface area contributed by atoms with E-state index in [2.05, 4.69) is 6.92 Å². The lowest BCUT2D eigenvalue weighted by atomic mass is 10.00. The average molecular weight is 373 g/mol. The first-order valence-corrected chi connectivity index (χ1v) is 9.71. The minimum absolute atomic E-state index is 0.112. The molecule has 0 unspecified atom stereocenters. The van der Waals surface area contributed by atoms with Gasteiger partial charge in [0.1, 0.15) is 0 Å². The number of carbonyl (C=O) groups is 2. The molecule has 3 rings (SSSR count). The second-order valence-electron chi connectivity index (χ2n) is 6.84. The SMILES string of the molecule is CC[C@H]1CCCCN1C(=O)COC(=O)/C=C/c1ccc2c(c1)OCCCO2. The second-order valence-corrected chi connectivity index (χ2v) is 6.84. The van der Waals surface area contributed by atoms with Crippen molar-refractivity contribution in [3.05, 3.63) is 29.8 Å². The molecule has 1 saturated heterocycles. The maximum Gasteiger partial charge on any atom is 0.331 e. The zero-order valence-electron chi connectivity index (χ0n) is 15.8. The molecule has 0 aliphatic carbocycles. The van der Waals surface area contributed by atoms with Crippen molar-refractivity contribution in [2.24, 2.45) is 0 Å². The number of hydrogen-bond acceptors (Lipinski definition) is 5. The highest BCUT2D eigenvalue weighted by molar-refractivity contribution is 5.89. The average Bonchev–Trinajstić information content (AvgIpc) is 2.95. The van der Waals surface area contributed by atoms with Crippen molar-refractivity contribution in [1.82, 2.24) is 4.90 Å². The van der Waals surface area contributed by atoms with Crippen LogP contribution in [0.2, 0.25) is 0 Å². The van der Waals surface area contributed by atoms with Crippen molar-refractivity contribution in [2.75, 3.05) is 26.4 Å². The zero-order chi connectivity index (χ0) is 19.1. The first kappa shape index (κ1) is 19.3. The summed E-state index contributed by atoms with van der Waals surface area (Å²) in [7, 11) is 0. The summed E-state index contributed by atoms with van der Waals surface area (Å²) in [5.41, 5.74) is 0.810. The van der Waals surface area contributed by atoms with Crippen LogP contribution in [0.5, 0.6) is 11.5 Å². The first-order chi connectivity index (χ1) is 13.2. The number of rotatable bonds is 5. The molecule has 1 aromatic carbocycles. The van der Waals surface area contributed by atoms with Gasteiger partial charge >= 0.3 is 5.97 Å². The fourth-order valence-electron chi connectivity index (χ4n) is 3.47. The van der Waals surface area contributed by atoms with Crippen LogP contribution < -0.4 is 9.47 Å². The van der Waals surface area contributed by atoms with E-state index in [1.54, 1.807) is 6.08 Å². The Morgan fingerprint density at radius 3 is 2.81 bits per heavy atom. The van der Waals surface area contributed by atoms with E-state index < -0.39 is 5.97 Å². The number of carbonyl (C=O) groups excluding carboxylic acids is 2. The zero-order valence-corrected chi connectivity index (χ0v) is 15.8. The number of esters is 1. The monoisotopic (exact) mass is 373 g/mol. The standard InChI is InChI=1S/C21H27NO5/c1-2-17-6-3-4-11-22(17)20(23)15-27-21(24)10-8-16-7-9-18-19(14-16)26-13-5-12-25-18/h7-10,14,17H,2-6,11-13,15H2,1H3/b10-8+/t17-/m0/s1. The van der Waals surface area contributed by atoms with Crippen molar-refractivity contribution >= 4 is 18.0 Å². The summed E-state index contributed by atoms with van der Waals surface area (Å²) in [5, 5.41) is 0. The summed E-state index contributed by atoms with van der Waals surface area (Å²) in [6, 6.07) is 5.77. The fraction of sp³-hybridized carbons (Fsp3) is 0.524. The van der Waals surface area contributed by atoms with Gasteiger partial charge in [0.2, 0.25) is 0 Å². The number of ether oxygens (including phenoxy) is 3. The summed E-state index contributed by atoms with van der Waals surface area (Å²) in [6.07, 6.45) is 7.96. The van der Waals surface area contributed by atoms with Gasteiger partial charge in [-0.25, -0.2) is 4.79 Å². The number of likely N-dealkylation sites (tertiary alicyclic amines) is 1. The molecule has 6 heteroatoms. The van der Waals surface area contributed by atoms with E-state index in [0.717, 1.165) is 44.2 Å². The van der Waals surface area contributed by atoms with Crippen molar-refractivity contribution in [3.8, 4) is 11.5 Å². The lowest BCUT2D eigenvalue weighted by Gasteiger charge is -2.35. The number of fused-ring (bicyclic) bond motifs is 1. The van der Waals surface area contributed by atoms with Crippen molar-refractivity contribution in [3.63, 3.8) is 0 Å². The van der Waals surface area contributed by atoms with Crippen LogP contribution in [0.4, 0.5) is 0 Å². The lowest BCUT2D eigenvalue weighted by molar-refractivity contribution is -0.150. The Hall–Kier alpha value is -2.50. The highest BCUT2D eigenvalue weighted by Gasteiger charge is 2.25. The van der Waals surface area contributed by atoms with Crippen LogP contribution in [-0.2, 0) is 14.3 Å². The van der Waals surface area contributed by atoms with Crippen LogP contribution in [0.15, 0.2) is 24.3 Å².